The number of aliphatic hydroxyl groups is 1. The van der Waals surface area contributed by atoms with Crippen molar-refractivity contribution in [2.24, 2.45) is 0 Å². The normalized spacial score (nSPS) is 12.1. The summed E-state index contributed by atoms with van der Waals surface area (Å²) in [5, 5.41) is 21.3. The van der Waals surface area contributed by atoms with Crippen LogP contribution in [0.3, 0.4) is 0 Å². The number of nitro benzene ring substituents is 1. The van der Waals surface area contributed by atoms with Gasteiger partial charge in [-0.2, -0.15) is 0 Å². The van der Waals surface area contributed by atoms with Crippen molar-refractivity contribution >= 4 is 32.5 Å². The Labute approximate surface area is 156 Å². The number of nitrogens with zero attached hydrogens (tertiary/aromatic N) is 3. The zero-order valence-corrected chi connectivity index (χ0v) is 15.0. The number of hydrogen-bond donors (Lipinski definition) is 1. The molecule has 1 unspecified atom stereocenters. The molecule has 1 atom stereocenters. The molecule has 0 bridgehead atoms. The quantitative estimate of drug-likeness (QED) is 0.485. The van der Waals surface area contributed by atoms with Gasteiger partial charge in [-0.05, 0) is 24.3 Å². The molecule has 0 saturated heterocycles. The number of benzene rings is 2. The number of non-ortho nitro benzene ring substituents is 1. The van der Waals surface area contributed by atoms with Crippen molar-refractivity contribution in [3.8, 4) is 5.75 Å². The Morgan fingerprint density at radius 2 is 2.12 bits per heavy atom. The maximum absolute atomic E-state index is 12.5. The summed E-state index contributed by atoms with van der Waals surface area (Å²) in [6, 6.07) is 10.9. The second-order valence-corrected chi connectivity index (χ2v) is 6.50. The van der Waals surface area contributed by atoms with E-state index in [1.807, 2.05) is 0 Å². The largest absolute Gasteiger partial charge is 0.491 e. The predicted octanol–water partition coefficient (Wildman–Crippen LogP) is 2.51. The summed E-state index contributed by atoms with van der Waals surface area (Å²) < 4.78 is 7.44. The monoisotopic (exact) mass is 419 g/mol. The molecule has 0 aliphatic carbocycles. The molecule has 0 spiro atoms. The summed E-state index contributed by atoms with van der Waals surface area (Å²) >= 11 is 3.32. The molecule has 134 valence electrons. The molecule has 1 heterocycles. The SMILES string of the molecule is O=c1c2cc(Br)ccc2ncn1CC(O)COc1cccc([N+](=O)[O-])c1. The Hall–Kier alpha value is -2.78. The van der Waals surface area contributed by atoms with E-state index >= 15 is 0 Å². The maximum Gasteiger partial charge on any atom is 0.273 e. The smallest absolute Gasteiger partial charge is 0.273 e. The standard InChI is InChI=1S/C17H14BrN3O5/c18-11-4-5-16-15(6-11)17(23)20(10-19-16)8-13(22)9-26-14-3-1-2-12(7-14)21(24)25/h1-7,10,13,22H,8-9H2. The third-order valence-corrected chi connectivity index (χ3v) is 4.16. The highest BCUT2D eigenvalue weighted by Gasteiger charge is 2.12. The number of hydrogen-bond acceptors (Lipinski definition) is 6. The summed E-state index contributed by atoms with van der Waals surface area (Å²) in [4.78, 5) is 26.9. The van der Waals surface area contributed by atoms with E-state index in [2.05, 4.69) is 20.9 Å². The average Bonchev–Trinajstić information content (AvgIpc) is 2.63. The van der Waals surface area contributed by atoms with E-state index < -0.39 is 11.0 Å². The highest BCUT2D eigenvalue weighted by atomic mass is 79.9. The van der Waals surface area contributed by atoms with E-state index in [9.17, 15) is 20.0 Å². The van der Waals surface area contributed by atoms with Crippen LogP contribution in [0.2, 0.25) is 0 Å². The van der Waals surface area contributed by atoms with E-state index in [4.69, 9.17) is 4.74 Å². The first-order valence-corrected chi connectivity index (χ1v) is 8.43. The first kappa shape index (κ1) is 18.0. The molecule has 1 aromatic heterocycles. The average molecular weight is 420 g/mol. The van der Waals surface area contributed by atoms with Crippen LogP contribution in [-0.2, 0) is 6.54 Å². The Kier molecular flexibility index (Phi) is 5.29. The topological polar surface area (TPSA) is 107 Å². The third kappa shape index (κ3) is 4.06. The second-order valence-electron chi connectivity index (χ2n) is 5.58. The van der Waals surface area contributed by atoms with Gasteiger partial charge in [0.05, 0.1) is 34.8 Å². The van der Waals surface area contributed by atoms with E-state index in [1.54, 1.807) is 24.3 Å². The van der Waals surface area contributed by atoms with Crippen molar-refractivity contribution in [3.63, 3.8) is 0 Å². The van der Waals surface area contributed by atoms with Crippen LogP contribution >= 0.6 is 15.9 Å². The number of fused-ring (bicyclic) bond motifs is 1. The van der Waals surface area contributed by atoms with Gasteiger partial charge in [-0.25, -0.2) is 4.98 Å². The second kappa shape index (κ2) is 7.63. The van der Waals surface area contributed by atoms with Gasteiger partial charge < -0.3 is 9.84 Å². The molecule has 0 aliphatic heterocycles. The van der Waals surface area contributed by atoms with Crippen LogP contribution in [0.5, 0.6) is 5.75 Å². The fourth-order valence-corrected chi connectivity index (χ4v) is 2.78. The van der Waals surface area contributed by atoms with Gasteiger partial charge in [-0.15, -0.1) is 0 Å². The fraction of sp³-hybridized carbons (Fsp3) is 0.176. The molecule has 26 heavy (non-hydrogen) atoms. The van der Waals surface area contributed by atoms with Crippen molar-refractivity contribution in [2.75, 3.05) is 6.61 Å². The Bertz CT molecular complexity index is 1020. The van der Waals surface area contributed by atoms with Crippen LogP contribution in [0, 0.1) is 10.1 Å². The summed E-state index contributed by atoms with van der Waals surface area (Å²) in [5.74, 6) is 0.270. The molecular weight excluding hydrogens is 406 g/mol. The summed E-state index contributed by atoms with van der Waals surface area (Å²) in [7, 11) is 0. The van der Waals surface area contributed by atoms with Crippen LogP contribution in [0.15, 0.2) is 58.1 Å². The lowest BCUT2D eigenvalue weighted by Crippen LogP contribution is -2.30. The number of rotatable bonds is 6. The molecule has 9 heteroatoms. The minimum Gasteiger partial charge on any atom is -0.491 e. The van der Waals surface area contributed by atoms with Crippen molar-refractivity contribution in [3.05, 3.63) is 73.7 Å². The Balaban J connectivity index is 1.70. The lowest BCUT2D eigenvalue weighted by atomic mass is 10.2. The Morgan fingerprint density at radius 3 is 2.88 bits per heavy atom. The van der Waals surface area contributed by atoms with Gasteiger partial charge in [0.25, 0.3) is 11.2 Å². The van der Waals surface area contributed by atoms with Crippen molar-refractivity contribution in [1.82, 2.24) is 9.55 Å². The first-order valence-electron chi connectivity index (χ1n) is 7.64. The minimum absolute atomic E-state index is 0.0107. The van der Waals surface area contributed by atoms with Gasteiger partial charge in [0.15, 0.2) is 0 Å². The molecule has 8 nitrogen and oxygen atoms in total. The zero-order chi connectivity index (χ0) is 18.7. The number of nitro groups is 1. The lowest BCUT2D eigenvalue weighted by molar-refractivity contribution is -0.384. The predicted molar refractivity (Wildman–Crippen MR) is 98.3 cm³/mol. The summed E-state index contributed by atoms with van der Waals surface area (Å²) in [6.07, 6.45) is 0.383. The summed E-state index contributed by atoms with van der Waals surface area (Å²) in [6.45, 7) is -0.132. The highest BCUT2D eigenvalue weighted by molar-refractivity contribution is 9.10. The number of aliphatic hydroxyl groups excluding tert-OH is 1. The maximum atomic E-state index is 12.5. The molecule has 0 saturated carbocycles. The molecule has 0 aliphatic rings. The molecule has 0 fully saturated rings. The molecular formula is C17H14BrN3O5. The van der Waals surface area contributed by atoms with Crippen LogP contribution < -0.4 is 10.3 Å². The van der Waals surface area contributed by atoms with Gasteiger partial charge in [0, 0.05) is 10.5 Å². The highest BCUT2D eigenvalue weighted by Crippen LogP contribution is 2.19. The molecule has 0 radical (unpaired) electrons. The molecule has 1 N–H and O–H groups in total. The van der Waals surface area contributed by atoms with Gasteiger partial charge in [-0.1, -0.05) is 22.0 Å². The van der Waals surface area contributed by atoms with Gasteiger partial charge >= 0.3 is 0 Å². The third-order valence-electron chi connectivity index (χ3n) is 3.66. The first-order chi connectivity index (χ1) is 12.4. The van der Waals surface area contributed by atoms with Gasteiger partial charge in [0.1, 0.15) is 18.5 Å². The van der Waals surface area contributed by atoms with E-state index in [1.165, 1.54) is 29.1 Å². The molecule has 2 aromatic carbocycles. The van der Waals surface area contributed by atoms with E-state index in [-0.39, 0.29) is 30.1 Å². The van der Waals surface area contributed by atoms with Crippen LogP contribution in [-0.4, -0.2) is 32.3 Å². The van der Waals surface area contributed by atoms with Crippen molar-refractivity contribution < 1.29 is 14.8 Å². The summed E-state index contributed by atoms with van der Waals surface area (Å²) in [5.41, 5.74) is 0.194. The van der Waals surface area contributed by atoms with Crippen molar-refractivity contribution in [1.29, 1.82) is 0 Å². The molecule has 3 aromatic rings. The van der Waals surface area contributed by atoms with Gasteiger partial charge in [-0.3, -0.25) is 19.5 Å². The van der Waals surface area contributed by atoms with Crippen LogP contribution in [0.1, 0.15) is 0 Å². The van der Waals surface area contributed by atoms with Crippen molar-refractivity contribution in [2.45, 2.75) is 12.6 Å². The molecule has 3 rings (SSSR count). The Morgan fingerprint density at radius 1 is 1.31 bits per heavy atom. The van der Waals surface area contributed by atoms with E-state index in [0.29, 0.717) is 10.9 Å². The zero-order valence-electron chi connectivity index (χ0n) is 13.4. The number of halogens is 1. The van der Waals surface area contributed by atoms with Crippen LogP contribution in [0.25, 0.3) is 10.9 Å². The fourth-order valence-electron chi connectivity index (χ4n) is 2.42. The number of ether oxygens (including phenoxy) is 1. The molecule has 0 amide bonds. The lowest BCUT2D eigenvalue weighted by Gasteiger charge is -2.14. The number of aromatic nitrogens is 2. The minimum atomic E-state index is -0.988. The van der Waals surface area contributed by atoms with E-state index in [0.717, 1.165) is 4.47 Å². The van der Waals surface area contributed by atoms with Gasteiger partial charge in [0.2, 0.25) is 0 Å². The van der Waals surface area contributed by atoms with Crippen LogP contribution in [0.4, 0.5) is 5.69 Å².